The van der Waals surface area contributed by atoms with Crippen molar-refractivity contribution in [3.05, 3.63) is 59.2 Å². The normalized spacial score (nSPS) is 13.4. The molecule has 1 aliphatic heterocycles. The number of hydrogen-bond acceptors (Lipinski definition) is 3. The molecule has 1 unspecified atom stereocenters. The molecule has 2 aromatic rings. The van der Waals surface area contributed by atoms with Crippen molar-refractivity contribution in [2.45, 2.75) is 32.1 Å². The highest BCUT2D eigenvalue weighted by Gasteiger charge is 2.14. The molecule has 0 aromatic heterocycles. The molecule has 0 spiro atoms. The Labute approximate surface area is 137 Å². The van der Waals surface area contributed by atoms with Crippen molar-refractivity contribution in [3.63, 3.8) is 0 Å². The molecule has 0 amide bonds. The summed E-state index contributed by atoms with van der Waals surface area (Å²) in [6.07, 6.45) is 4.54. The van der Waals surface area contributed by atoms with Crippen molar-refractivity contribution >= 4 is 11.9 Å². The van der Waals surface area contributed by atoms with E-state index < -0.39 is 0 Å². The third kappa shape index (κ3) is 3.60. The Morgan fingerprint density at radius 1 is 1.22 bits per heavy atom. The van der Waals surface area contributed by atoms with Crippen molar-refractivity contribution in [1.29, 1.82) is 5.26 Å². The number of nitriles is 1. The Kier molecular flexibility index (Phi) is 4.73. The van der Waals surface area contributed by atoms with Gasteiger partial charge >= 0.3 is 0 Å². The van der Waals surface area contributed by atoms with Gasteiger partial charge in [0, 0.05) is 12.6 Å². The minimum atomic E-state index is -0.143. The van der Waals surface area contributed by atoms with E-state index in [0.29, 0.717) is 0 Å². The molecule has 2 aromatic carbocycles. The zero-order valence-corrected chi connectivity index (χ0v) is 13.3. The van der Waals surface area contributed by atoms with Crippen LogP contribution in [0.5, 0.6) is 5.75 Å². The van der Waals surface area contributed by atoms with Crippen molar-refractivity contribution < 1.29 is 4.74 Å². The molecule has 116 valence electrons. The second-order valence-corrected chi connectivity index (χ2v) is 5.78. The van der Waals surface area contributed by atoms with Gasteiger partial charge in [0.15, 0.2) is 0 Å². The quantitative estimate of drug-likeness (QED) is 0.783. The van der Waals surface area contributed by atoms with E-state index in [1.165, 1.54) is 11.1 Å². The van der Waals surface area contributed by atoms with Gasteiger partial charge in [0.2, 0.25) is 0 Å². The number of aliphatic imine (C=N–C) groups is 1. The number of fused-ring (bicyclic) bond motifs is 1. The predicted molar refractivity (Wildman–Crippen MR) is 92.6 cm³/mol. The summed E-state index contributed by atoms with van der Waals surface area (Å²) in [5, 5.41) is 9.54. The maximum absolute atomic E-state index is 9.54. The lowest BCUT2D eigenvalue weighted by atomic mass is 10.0. The SMILES string of the molecule is CCCO[13c]1[13cH][13cH][13c](C(C#N)Cc2ccc3c(c2)CC=N3)[13cH][13cH]1. The number of hydrogen-bond donors (Lipinski definition) is 0. The van der Waals surface area contributed by atoms with Crippen molar-refractivity contribution in [2.24, 2.45) is 4.99 Å². The predicted octanol–water partition coefficient (Wildman–Crippen LogP) is 4.58. The smallest absolute Gasteiger partial charge is 0.119 e. The van der Waals surface area contributed by atoms with Gasteiger partial charge in [-0.15, -0.1) is 0 Å². The highest BCUT2D eigenvalue weighted by atomic mass is 16.5. The first-order chi connectivity index (χ1) is 11.3. The van der Waals surface area contributed by atoms with Crippen LogP contribution in [0.15, 0.2) is 47.5 Å². The minimum Gasteiger partial charge on any atom is -0.494 e. The van der Waals surface area contributed by atoms with Gasteiger partial charge in [-0.1, -0.05) is 31.2 Å². The van der Waals surface area contributed by atoms with Crippen LogP contribution in [0.25, 0.3) is 0 Å². The standard InChI is InChI=1S/C20H20N2O/c1-2-11-23-19-6-4-16(5-7-19)18(14-21)13-15-3-8-20-17(12-15)9-10-22-20/h3-8,10,12,18H,2,9,11,13H2,1H3/i4+1,5+1,6+1,7+1,16+1,19+1. The van der Waals surface area contributed by atoms with Crippen molar-refractivity contribution in [3.8, 4) is 11.8 Å². The summed E-state index contributed by atoms with van der Waals surface area (Å²) in [6.45, 7) is 2.81. The number of benzene rings is 2. The van der Waals surface area contributed by atoms with Crippen molar-refractivity contribution in [1.82, 2.24) is 0 Å². The topological polar surface area (TPSA) is 45.4 Å². The van der Waals surface area contributed by atoms with Crippen LogP contribution >= 0.6 is 0 Å². The van der Waals surface area contributed by atoms with Crippen LogP contribution in [0.3, 0.4) is 0 Å². The van der Waals surface area contributed by atoms with Crippen LogP contribution in [0, 0.1) is 11.3 Å². The summed E-state index contributed by atoms with van der Waals surface area (Å²) in [5.74, 6) is 0.720. The Bertz CT molecular complexity index is 741. The lowest BCUT2D eigenvalue weighted by molar-refractivity contribution is 0.317. The van der Waals surface area contributed by atoms with Crippen molar-refractivity contribution in [2.75, 3.05) is 6.61 Å². The van der Waals surface area contributed by atoms with E-state index in [4.69, 9.17) is 4.74 Å². The number of ether oxygens (including phenoxy) is 1. The van der Waals surface area contributed by atoms with Crippen LogP contribution in [-0.4, -0.2) is 12.8 Å². The first-order valence-corrected chi connectivity index (χ1v) is 8.07. The molecule has 1 aliphatic rings. The van der Waals surface area contributed by atoms with Gasteiger partial charge in [0.1, 0.15) is 5.75 Å². The van der Waals surface area contributed by atoms with Gasteiger partial charge in [-0.3, -0.25) is 4.99 Å². The van der Waals surface area contributed by atoms with E-state index in [2.05, 4.69) is 30.1 Å². The van der Waals surface area contributed by atoms with Gasteiger partial charge in [-0.25, -0.2) is 0 Å². The molecule has 0 radical (unpaired) electrons. The van der Waals surface area contributed by atoms with Gasteiger partial charge in [-0.2, -0.15) is 5.26 Å². The molecule has 3 rings (SSSR count). The highest BCUT2D eigenvalue weighted by Crippen LogP contribution is 2.28. The van der Waals surface area contributed by atoms with Crippen LogP contribution < -0.4 is 4.74 Å². The van der Waals surface area contributed by atoms with Gasteiger partial charge in [0.25, 0.3) is 0 Å². The molecule has 1 heterocycles. The average molecular weight is 310 g/mol. The second-order valence-electron chi connectivity index (χ2n) is 5.78. The first-order valence-electron chi connectivity index (χ1n) is 8.07. The van der Waals surface area contributed by atoms with E-state index in [9.17, 15) is 5.26 Å². The summed E-state index contributed by atoms with van der Waals surface area (Å²) in [7, 11) is 0. The van der Waals surface area contributed by atoms with Gasteiger partial charge in [-0.05, 0) is 47.7 Å². The molecule has 0 N–H and O–H groups in total. The molecular weight excluding hydrogens is 290 g/mol. The largest absolute Gasteiger partial charge is 0.494 e. The number of rotatable bonds is 6. The van der Waals surface area contributed by atoms with E-state index >= 15 is 0 Å². The lowest BCUT2D eigenvalue weighted by Gasteiger charge is -2.12. The maximum atomic E-state index is 9.54. The maximum Gasteiger partial charge on any atom is 0.119 e. The average Bonchev–Trinajstić information content (AvgIpc) is 3.06. The van der Waals surface area contributed by atoms with Gasteiger partial charge < -0.3 is 4.74 Å². The Balaban J connectivity index is 1.71. The zero-order chi connectivity index (χ0) is 16.1. The second kappa shape index (κ2) is 7.11. The molecule has 1 atom stereocenters. The van der Waals surface area contributed by atoms with E-state index in [0.717, 1.165) is 42.9 Å². The monoisotopic (exact) mass is 310 g/mol. The fourth-order valence-electron chi connectivity index (χ4n) is 2.79. The summed E-state index contributed by atoms with van der Waals surface area (Å²) in [6, 6.07) is 16.6. The fraction of sp³-hybridized carbons (Fsp3) is 0.300. The minimum absolute atomic E-state index is 0.143. The zero-order valence-electron chi connectivity index (χ0n) is 13.3. The Morgan fingerprint density at radius 3 is 2.78 bits per heavy atom. The van der Waals surface area contributed by atoms with Crippen LogP contribution in [0.2, 0.25) is 0 Å². The fourth-order valence-corrected chi connectivity index (χ4v) is 2.79. The molecule has 23 heavy (non-hydrogen) atoms. The van der Waals surface area contributed by atoms with Crippen LogP contribution in [0.4, 0.5) is 5.69 Å². The van der Waals surface area contributed by atoms with Gasteiger partial charge in [0.05, 0.1) is 24.3 Å². The summed E-state index contributed by atoms with van der Waals surface area (Å²) >= 11 is 0. The summed E-state index contributed by atoms with van der Waals surface area (Å²) < 4.78 is 5.60. The van der Waals surface area contributed by atoms with Crippen LogP contribution in [-0.2, 0) is 12.8 Å². The molecular formula is C20H20N2O. The Morgan fingerprint density at radius 2 is 2.04 bits per heavy atom. The van der Waals surface area contributed by atoms with Crippen LogP contribution in [0.1, 0.15) is 36.0 Å². The summed E-state index contributed by atoms with van der Waals surface area (Å²) in [5.41, 5.74) is 4.53. The Hall–Kier alpha value is -2.60. The molecule has 0 saturated carbocycles. The van der Waals surface area contributed by atoms with E-state index in [-0.39, 0.29) is 5.92 Å². The molecule has 0 saturated heterocycles. The third-order valence-corrected chi connectivity index (χ3v) is 4.04. The highest BCUT2D eigenvalue weighted by molar-refractivity contribution is 5.75. The summed E-state index contributed by atoms with van der Waals surface area (Å²) in [4.78, 5) is 4.33. The molecule has 0 fully saturated rings. The first kappa shape index (κ1) is 15.3. The molecule has 0 aliphatic carbocycles. The molecule has 3 nitrogen and oxygen atoms in total. The molecule has 0 bridgehead atoms. The van der Waals surface area contributed by atoms with E-state index in [1.807, 2.05) is 36.5 Å². The van der Waals surface area contributed by atoms with E-state index in [1.54, 1.807) is 0 Å². The molecule has 3 heteroatoms. The third-order valence-electron chi connectivity index (χ3n) is 4.04. The number of nitrogens with zero attached hydrogens (tertiary/aromatic N) is 2. The lowest BCUT2D eigenvalue weighted by Crippen LogP contribution is -2.01.